The standard InChI is InChI=1S/C20H23N7OS/c1-26-12-16(11-24-26)4-5-19(28)27-7-2-3-15(13-27)9-17-10-18(23-14-22-17)25-20-21-6-8-29-20/h4-6,8,10-12,14-15H,2-3,7,9,13H2,1H3,(H,21,22,23,25)/b5-4+. The van der Waals surface area contributed by atoms with Crippen LogP contribution in [0.5, 0.6) is 0 Å². The molecule has 1 unspecified atom stereocenters. The van der Waals surface area contributed by atoms with Crippen molar-refractivity contribution >= 4 is 34.3 Å². The number of piperidine rings is 1. The van der Waals surface area contributed by atoms with Crippen LogP contribution in [-0.2, 0) is 18.3 Å². The van der Waals surface area contributed by atoms with Gasteiger partial charge in [0.1, 0.15) is 12.1 Å². The molecule has 1 fully saturated rings. The van der Waals surface area contributed by atoms with Crippen LogP contribution >= 0.6 is 11.3 Å². The predicted octanol–water partition coefficient (Wildman–Crippen LogP) is 2.90. The SMILES string of the molecule is Cn1cc(/C=C/C(=O)N2CCCC(Cc3cc(Nc4nccs4)ncn3)C2)cn1. The number of anilines is 2. The summed E-state index contributed by atoms with van der Waals surface area (Å²) in [5.74, 6) is 1.18. The zero-order valence-corrected chi connectivity index (χ0v) is 17.0. The number of hydrogen-bond acceptors (Lipinski definition) is 7. The van der Waals surface area contributed by atoms with Crippen molar-refractivity contribution in [3.63, 3.8) is 0 Å². The molecule has 1 N–H and O–H groups in total. The molecule has 4 heterocycles. The third-order valence-electron chi connectivity index (χ3n) is 4.86. The summed E-state index contributed by atoms with van der Waals surface area (Å²) in [5.41, 5.74) is 1.90. The Morgan fingerprint density at radius 3 is 3.10 bits per heavy atom. The number of aromatic nitrogens is 5. The summed E-state index contributed by atoms with van der Waals surface area (Å²) < 4.78 is 1.72. The van der Waals surface area contributed by atoms with E-state index < -0.39 is 0 Å². The number of likely N-dealkylation sites (tertiary alicyclic amines) is 1. The molecule has 0 saturated carbocycles. The molecule has 0 radical (unpaired) electrons. The van der Waals surface area contributed by atoms with E-state index in [0.717, 1.165) is 54.6 Å². The minimum atomic E-state index is 0.0485. The number of carbonyl (C=O) groups is 1. The van der Waals surface area contributed by atoms with Crippen molar-refractivity contribution in [3.8, 4) is 0 Å². The van der Waals surface area contributed by atoms with Crippen LogP contribution < -0.4 is 5.32 Å². The lowest BCUT2D eigenvalue weighted by molar-refractivity contribution is -0.127. The fourth-order valence-electron chi connectivity index (χ4n) is 3.50. The zero-order valence-electron chi connectivity index (χ0n) is 16.2. The zero-order chi connectivity index (χ0) is 20.1. The highest BCUT2D eigenvalue weighted by atomic mass is 32.1. The Labute approximate surface area is 173 Å². The second-order valence-corrected chi connectivity index (χ2v) is 8.03. The molecule has 0 aromatic carbocycles. The monoisotopic (exact) mass is 409 g/mol. The fraction of sp³-hybridized carbons (Fsp3) is 0.350. The Bertz CT molecular complexity index is 982. The molecule has 1 atom stereocenters. The van der Waals surface area contributed by atoms with Crippen LogP contribution in [0.1, 0.15) is 24.1 Å². The third kappa shape index (κ3) is 5.26. The van der Waals surface area contributed by atoms with Gasteiger partial charge in [0, 0.05) is 61.3 Å². The smallest absolute Gasteiger partial charge is 0.246 e. The topological polar surface area (TPSA) is 88.8 Å². The molecule has 1 saturated heterocycles. The van der Waals surface area contributed by atoms with Gasteiger partial charge in [0.2, 0.25) is 5.91 Å². The first-order chi connectivity index (χ1) is 14.2. The highest BCUT2D eigenvalue weighted by Crippen LogP contribution is 2.22. The summed E-state index contributed by atoms with van der Waals surface area (Å²) >= 11 is 1.53. The second kappa shape index (κ2) is 8.95. The van der Waals surface area contributed by atoms with E-state index in [0.29, 0.717) is 5.92 Å². The van der Waals surface area contributed by atoms with E-state index in [1.807, 2.05) is 35.7 Å². The largest absolute Gasteiger partial charge is 0.339 e. The van der Waals surface area contributed by atoms with Crippen LogP contribution in [0.3, 0.4) is 0 Å². The van der Waals surface area contributed by atoms with Crippen molar-refractivity contribution in [2.24, 2.45) is 13.0 Å². The first kappa shape index (κ1) is 19.3. The number of thiazole rings is 1. The molecule has 0 aliphatic carbocycles. The van der Waals surface area contributed by atoms with Crippen LogP contribution in [0.25, 0.3) is 6.08 Å². The molecule has 1 aliphatic heterocycles. The average Bonchev–Trinajstić information content (AvgIpc) is 3.38. The molecule has 1 aliphatic rings. The summed E-state index contributed by atoms with van der Waals surface area (Å²) in [6.45, 7) is 1.54. The number of nitrogens with zero attached hydrogens (tertiary/aromatic N) is 6. The maximum Gasteiger partial charge on any atom is 0.246 e. The van der Waals surface area contributed by atoms with Crippen molar-refractivity contribution < 1.29 is 4.79 Å². The van der Waals surface area contributed by atoms with Crippen molar-refractivity contribution in [2.45, 2.75) is 19.3 Å². The van der Waals surface area contributed by atoms with Gasteiger partial charge in [0.05, 0.1) is 6.20 Å². The molecular weight excluding hydrogens is 386 g/mol. The van der Waals surface area contributed by atoms with Crippen molar-refractivity contribution in [1.29, 1.82) is 0 Å². The molecule has 1 amide bonds. The average molecular weight is 410 g/mol. The van der Waals surface area contributed by atoms with E-state index in [1.165, 1.54) is 11.3 Å². The van der Waals surface area contributed by atoms with Gasteiger partial charge in [-0.3, -0.25) is 9.48 Å². The lowest BCUT2D eigenvalue weighted by Crippen LogP contribution is -2.39. The number of aryl methyl sites for hydroxylation is 1. The quantitative estimate of drug-likeness (QED) is 0.630. The minimum Gasteiger partial charge on any atom is -0.339 e. The summed E-state index contributed by atoms with van der Waals surface area (Å²) in [5, 5.41) is 10.0. The van der Waals surface area contributed by atoms with Gasteiger partial charge in [0.15, 0.2) is 5.13 Å². The molecule has 3 aromatic rings. The summed E-state index contributed by atoms with van der Waals surface area (Å²) in [7, 11) is 1.86. The molecule has 0 bridgehead atoms. The van der Waals surface area contributed by atoms with Gasteiger partial charge in [-0.25, -0.2) is 15.0 Å². The number of hydrogen-bond donors (Lipinski definition) is 1. The Morgan fingerprint density at radius 1 is 1.38 bits per heavy atom. The number of rotatable bonds is 6. The molecule has 29 heavy (non-hydrogen) atoms. The van der Waals surface area contributed by atoms with Crippen LogP contribution in [0.4, 0.5) is 10.9 Å². The maximum absolute atomic E-state index is 12.6. The van der Waals surface area contributed by atoms with E-state index in [4.69, 9.17) is 0 Å². The number of nitrogens with one attached hydrogen (secondary N) is 1. The van der Waals surface area contributed by atoms with Gasteiger partial charge in [-0.05, 0) is 31.3 Å². The van der Waals surface area contributed by atoms with E-state index in [1.54, 1.807) is 29.5 Å². The Balaban J connectivity index is 1.35. The van der Waals surface area contributed by atoms with Crippen LogP contribution in [0.15, 0.2) is 42.4 Å². The minimum absolute atomic E-state index is 0.0485. The normalized spacial score (nSPS) is 17.0. The molecular formula is C20H23N7OS. The maximum atomic E-state index is 12.6. The van der Waals surface area contributed by atoms with Gasteiger partial charge < -0.3 is 10.2 Å². The molecule has 4 rings (SSSR count). The van der Waals surface area contributed by atoms with E-state index in [2.05, 4.69) is 25.4 Å². The van der Waals surface area contributed by atoms with Gasteiger partial charge in [-0.1, -0.05) is 0 Å². The lowest BCUT2D eigenvalue weighted by atomic mass is 9.93. The van der Waals surface area contributed by atoms with Gasteiger partial charge >= 0.3 is 0 Å². The highest BCUT2D eigenvalue weighted by molar-refractivity contribution is 7.13. The summed E-state index contributed by atoms with van der Waals surface area (Å²) in [6.07, 6.45) is 13.3. The summed E-state index contributed by atoms with van der Waals surface area (Å²) in [6, 6.07) is 1.96. The van der Waals surface area contributed by atoms with Gasteiger partial charge in [-0.15, -0.1) is 11.3 Å². The van der Waals surface area contributed by atoms with Crippen molar-refractivity contribution in [2.75, 3.05) is 18.4 Å². The van der Waals surface area contributed by atoms with Gasteiger partial charge in [-0.2, -0.15) is 5.10 Å². The molecule has 0 spiro atoms. The van der Waals surface area contributed by atoms with E-state index >= 15 is 0 Å². The molecule has 150 valence electrons. The number of carbonyl (C=O) groups excluding carboxylic acids is 1. The molecule has 9 heteroatoms. The number of amides is 1. The van der Waals surface area contributed by atoms with E-state index in [-0.39, 0.29) is 5.91 Å². The molecule has 3 aromatic heterocycles. The lowest BCUT2D eigenvalue weighted by Gasteiger charge is -2.32. The van der Waals surface area contributed by atoms with Crippen molar-refractivity contribution in [3.05, 3.63) is 53.7 Å². The Kier molecular flexibility index (Phi) is 5.95. The molecule has 8 nitrogen and oxygen atoms in total. The fourth-order valence-corrected chi connectivity index (χ4v) is 4.03. The van der Waals surface area contributed by atoms with Gasteiger partial charge in [0.25, 0.3) is 0 Å². The predicted molar refractivity (Wildman–Crippen MR) is 113 cm³/mol. The third-order valence-corrected chi connectivity index (χ3v) is 5.55. The van der Waals surface area contributed by atoms with Crippen LogP contribution in [0.2, 0.25) is 0 Å². The van der Waals surface area contributed by atoms with Crippen LogP contribution in [0, 0.1) is 5.92 Å². The first-order valence-corrected chi connectivity index (χ1v) is 10.5. The highest BCUT2D eigenvalue weighted by Gasteiger charge is 2.23. The Morgan fingerprint density at radius 2 is 2.31 bits per heavy atom. The Hall–Kier alpha value is -3.07. The van der Waals surface area contributed by atoms with Crippen LogP contribution in [-0.4, -0.2) is 48.6 Å². The first-order valence-electron chi connectivity index (χ1n) is 9.59. The van der Waals surface area contributed by atoms with E-state index in [9.17, 15) is 4.79 Å². The van der Waals surface area contributed by atoms with Crippen molar-refractivity contribution in [1.82, 2.24) is 29.6 Å². The second-order valence-electron chi connectivity index (χ2n) is 7.13. The summed E-state index contributed by atoms with van der Waals surface area (Å²) in [4.78, 5) is 27.4.